The average Bonchev–Trinajstić information content (AvgIpc) is 3.21. The molecule has 2 aromatic heterocycles. The van der Waals surface area contributed by atoms with Crippen molar-refractivity contribution in [2.45, 2.75) is 39.0 Å². The molecule has 32 heavy (non-hydrogen) atoms. The van der Waals surface area contributed by atoms with Crippen LogP contribution in [-0.2, 0) is 11.3 Å². The maximum atomic E-state index is 13.0. The number of pyridine rings is 1. The number of nitrogens with zero attached hydrogens (tertiary/aromatic N) is 4. The molecule has 7 heteroatoms. The van der Waals surface area contributed by atoms with Crippen LogP contribution in [-0.4, -0.2) is 64.0 Å². The van der Waals surface area contributed by atoms with E-state index >= 15 is 0 Å². The number of hydrogen-bond donors (Lipinski definition) is 1. The standard InChI is InChI=1S/C25H31N5O2/c1-19-15-29(16-20(2)32-19)13-7-12-27-25(31)23-18-30(17-21-8-4-3-5-9-21)28-24(23)22-10-6-11-26-14-22/h3-6,8-11,14,18-20H,7,12-13,15-17H2,1-2H3,(H,27,31). The number of aromatic nitrogens is 3. The second-order valence-electron chi connectivity index (χ2n) is 8.44. The maximum Gasteiger partial charge on any atom is 0.255 e. The Morgan fingerprint density at radius 2 is 1.91 bits per heavy atom. The number of ether oxygens (including phenoxy) is 1. The number of benzene rings is 1. The molecule has 4 rings (SSSR count). The highest BCUT2D eigenvalue weighted by Gasteiger charge is 2.22. The van der Waals surface area contributed by atoms with Gasteiger partial charge in [-0.3, -0.25) is 19.4 Å². The molecule has 1 amide bonds. The van der Waals surface area contributed by atoms with Gasteiger partial charge in [-0.1, -0.05) is 30.3 Å². The number of amides is 1. The van der Waals surface area contributed by atoms with Crippen LogP contribution in [0.3, 0.4) is 0 Å². The van der Waals surface area contributed by atoms with Gasteiger partial charge in [-0.05, 0) is 38.0 Å². The summed E-state index contributed by atoms with van der Waals surface area (Å²) < 4.78 is 7.62. The lowest BCUT2D eigenvalue weighted by Crippen LogP contribution is -2.46. The van der Waals surface area contributed by atoms with E-state index in [9.17, 15) is 4.79 Å². The Morgan fingerprint density at radius 1 is 1.12 bits per heavy atom. The molecule has 7 nitrogen and oxygen atoms in total. The van der Waals surface area contributed by atoms with Gasteiger partial charge >= 0.3 is 0 Å². The van der Waals surface area contributed by atoms with Gasteiger partial charge < -0.3 is 10.1 Å². The molecule has 2 atom stereocenters. The SMILES string of the molecule is CC1CN(CCCNC(=O)c2cn(Cc3ccccc3)nc2-c2cccnc2)CC(C)O1. The van der Waals surface area contributed by atoms with Crippen LogP contribution in [0.25, 0.3) is 11.3 Å². The zero-order valence-electron chi connectivity index (χ0n) is 18.8. The molecular weight excluding hydrogens is 402 g/mol. The molecule has 0 aliphatic carbocycles. The van der Waals surface area contributed by atoms with Crippen LogP contribution in [0.4, 0.5) is 0 Å². The van der Waals surface area contributed by atoms with E-state index < -0.39 is 0 Å². The van der Waals surface area contributed by atoms with Gasteiger partial charge in [-0.15, -0.1) is 0 Å². The van der Waals surface area contributed by atoms with E-state index in [1.165, 1.54) is 0 Å². The monoisotopic (exact) mass is 433 g/mol. The Morgan fingerprint density at radius 3 is 2.62 bits per heavy atom. The predicted octanol–water partition coefficient (Wildman–Crippen LogP) is 3.22. The summed E-state index contributed by atoms with van der Waals surface area (Å²) >= 11 is 0. The van der Waals surface area contributed by atoms with Crippen LogP contribution in [0.2, 0.25) is 0 Å². The molecule has 168 valence electrons. The Labute approximate surface area is 189 Å². The Hall–Kier alpha value is -3.03. The van der Waals surface area contributed by atoms with Gasteiger partial charge in [0.05, 0.1) is 24.3 Å². The van der Waals surface area contributed by atoms with Crippen molar-refractivity contribution in [2.24, 2.45) is 0 Å². The summed E-state index contributed by atoms with van der Waals surface area (Å²) in [5.74, 6) is -0.105. The first-order valence-corrected chi connectivity index (χ1v) is 11.3. The minimum absolute atomic E-state index is 0.105. The highest BCUT2D eigenvalue weighted by atomic mass is 16.5. The molecule has 1 fully saturated rings. The van der Waals surface area contributed by atoms with Gasteiger partial charge in [0.2, 0.25) is 0 Å². The van der Waals surface area contributed by atoms with Crippen molar-refractivity contribution in [1.29, 1.82) is 0 Å². The topological polar surface area (TPSA) is 72.3 Å². The second-order valence-corrected chi connectivity index (χ2v) is 8.44. The Kier molecular flexibility index (Phi) is 7.29. The van der Waals surface area contributed by atoms with Crippen molar-refractivity contribution in [3.8, 4) is 11.3 Å². The lowest BCUT2D eigenvalue weighted by atomic mass is 10.1. The summed E-state index contributed by atoms with van der Waals surface area (Å²) in [4.78, 5) is 19.6. The molecule has 2 unspecified atom stereocenters. The van der Waals surface area contributed by atoms with Gasteiger partial charge in [0.15, 0.2) is 0 Å². The number of rotatable bonds is 8. The van der Waals surface area contributed by atoms with E-state index in [0.717, 1.165) is 37.2 Å². The Balaban J connectivity index is 1.41. The Bertz CT molecular complexity index is 996. The summed E-state index contributed by atoms with van der Waals surface area (Å²) in [6, 6.07) is 13.9. The lowest BCUT2D eigenvalue weighted by Gasteiger charge is -2.35. The number of carbonyl (C=O) groups excluding carboxylic acids is 1. The molecule has 1 aliphatic rings. The molecule has 3 heterocycles. The quantitative estimate of drug-likeness (QED) is 0.552. The van der Waals surface area contributed by atoms with Crippen molar-refractivity contribution >= 4 is 5.91 Å². The van der Waals surface area contributed by atoms with E-state index in [0.29, 0.717) is 24.3 Å². The molecule has 1 N–H and O–H groups in total. The highest BCUT2D eigenvalue weighted by Crippen LogP contribution is 2.22. The van der Waals surface area contributed by atoms with Gasteiger partial charge in [-0.2, -0.15) is 5.10 Å². The summed E-state index contributed by atoms with van der Waals surface area (Å²) in [6.45, 7) is 8.27. The third kappa shape index (κ3) is 5.81. The van der Waals surface area contributed by atoms with E-state index in [2.05, 4.69) is 41.2 Å². The van der Waals surface area contributed by atoms with Crippen molar-refractivity contribution in [3.05, 3.63) is 72.2 Å². The zero-order valence-corrected chi connectivity index (χ0v) is 18.8. The van der Waals surface area contributed by atoms with E-state index in [4.69, 9.17) is 9.84 Å². The van der Waals surface area contributed by atoms with Crippen LogP contribution in [0.15, 0.2) is 61.1 Å². The van der Waals surface area contributed by atoms with Crippen molar-refractivity contribution in [2.75, 3.05) is 26.2 Å². The molecular formula is C25H31N5O2. The molecule has 1 saturated heterocycles. The molecule has 0 saturated carbocycles. The zero-order chi connectivity index (χ0) is 22.3. The highest BCUT2D eigenvalue weighted by molar-refractivity contribution is 5.99. The predicted molar refractivity (Wildman–Crippen MR) is 124 cm³/mol. The molecule has 1 aliphatic heterocycles. The van der Waals surface area contributed by atoms with Crippen LogP contribution in [0.1, 0.15) is 36.2 Å². The third-order valence-electron chi connectivity index (χ3n) is 5.56. The summed E-state index contributed by atoms with van der Waals surface area (Å²) in [5, 5.41) is 7.79. The molecule has 0 bridgehead atoms. The third-order valence-corrected chi connectivity index (χ3v) is 5.56. The summed E-state index contributed by atoms with van der Waals surface area (Å²) in [7, 11) is 0. The summed E-state index contributed by atoms with van der Waals surface area (Å²) in [6.07, 6.45) is 6.70. The first-order chi connectivity index (χ1) is 15.6. The molecule has 1 aromatic carbocycles. The van der Waals surface area contributed by atoms with Crippen LogP contribution in [0.5, 0.6) is 0 Å². The van der Waals surface area contributed by atoms with Crippen molar-refractivity contribution in [3.63, 3.8) is 0 Å². The van der Waals surface area contributed by atoms with Crippen LogP contribution < -0.4 is 5.32 Å². The second kappa shape index (κ2) is 10.5. The fourth-order valence-corrected chi connectivity index (χ4v) is 4.22. The van der Waals surface area contributed by atoms with Gasteiger partial charge in [-0.25, -0.2) is 0 Å². The fraction of sp³-hybridized carbons (Fsp3) is 0.400. The largest absolute Gasteiger partial charge is 0.373 e. The smallest absolute Gasteiger partial charge is 0.255 e. The maximum absolute atomic E-state index is 13.0. The minimum Gasteiger partial charge on any atom is -0.373 e. The van der Waals surface area contributed by atoms with Crippen molar-refractivity contribution in [1.82, 2.24) is 25.0 Å². The molecule has 0 spiro atoms. The van der Waals surface area contributed by atoms with Crippen molar-refractivity contribution < 1.29 is 9.53 Å². The van der Waals surface area contributed by atoms with Gasteiger partial charge in [0, 0.05) is 50.3 Å². The lowest BCUT2D eigenvalue weighted by molar-refractivity contribution is -0.0679. The summed E-state index contributed by atoms with van der Waals surface area (Å²) in [5.41, 5.74) is 3.19. The van der Waals surface area contributed by atoms with E-state index in [-0.39, 0.29) is 18.1 Å². The van der Waals surface area contributed by atoms with Crippen LogP contribution >= 0.6 is 0 Å². The normalized spacial score (nSPS) is 19.1. The number of hydrogen-bond acceptors (Lipinski definition) is 5. The van der Waals surface area contributed by atoms with Crippen LogP contribution in [0, 0.1) is 0 Å². The van der Waals surface area contributed by atoms with E-state index in [1.54, 1.807) is 12.4 Å². The minimum atomic E-state index is -0.105. The molecule has 3 aromatic rings. The molecule has 0 radical (unpaired) electrons. The van der Waals surface area contributed by atoms with E-state index in [1.807, 2.05) is 41.2 Å². The number of nitrogens with one attached hydrogen (secondary N) is 1. The number of carbonyl (C=O) groups is 1. The first-order valence-electron chi connectivity index (χ1n) is 11.3. The van der Waals surface area contributed by atoms with Gasteiger partial charge in [0.25, 0.3) is 5.91 Å². The fourth-order valence-electron chi connectivity index (χ4n) is 4.22. The van der Waals surface area contributed by atoms with Gasteiger partial charge in [0.1, 0.15) is 5.69 Å². The first kappa shape index (κ1) is 22.2. The average molecular weight is 434 g/mol. The number of morpholine rings is 1.